The molecule has 0 aromatic carbocycles. The minimum Gasteiger partial charge on any atom is -0.369 e. The van der Waals surface area contributed by atoms with Crippen molar-refractivity contribution in [3.63, 3.8) is 0 Å². The summed E-state index contributed by atoms with van der Waals surface area (Å²) in [5.74, 6) is 0.153. The Balaban J connectivity index is 1.39. The maximum absolute atomic E-state index is 11.5. The summed E-state index contributed by atoms with van der Waals surface area (Å²) in [5.41, 5.74) is 11.7. The van der Waals surface area contributed by atoms with Gasteiger partial charge >= 0.3 is 0 Å². The van der Waals surface area contributed by atoms with Gasteiger partial charge in [0.05, 0.1) is 25.4 Å². The van der Waals surface area contributed by atoms with E-state index in [1.54, 1.807) is 9.80 Å². The van der Waals surface area contributed by atoms with Crippen molar-refractivity contribution in [1.82, 2.24) is 24.9 Å². The molecule has 0 aliphatic carbocycles. The first-order valence-electron chi connectivity index (χ1n) is 8.47. The summed E-state index contributed by atoms with van der Waals surface area (Å²) in [6.45, 7) is 5.68. The summed E-state index contributed by atoms with van der Waals surface area (Å²) < 4.78 is 0. The molecule has 0 radical (unpaired) electrons. The van der Waals surface area contributed by atoms with Gasteiger partial charge in [-0.15, -0.1) is 0 Å². The molecule has 4 aliphatic rings. The minimum absolute atomic E-state index is 0.0571. The fraction of sp³-hybridized carbons (Fsp3) is 0.714. The van der Waals surface area contributed by atoms with Crippen LogP contribution in [-0.4, -0.2) is 108 Å². The van der Waals surface area contributed by atoms with Gasteiger partial charge in [-0.3, -0.25) is 24.7 Å². The molecule has 4 rings (SSSR count). The van der Waals surface area contributed by atoms with Crippen LogP contribution >= 0.6 is 0 Å². The largest absolute Gasteiger partial charge is 0.369 e. The lowest BCUT2D eigenvalue weighted by Gasteiger charge is -2.33. The van der Waals surface area contributed by atoms with E-state index in [1.807, 2.05) is 0 Å². The van der Waals surface area contributed by atoms with Crippen LogP contribution in [0.1, 0.15) is 0 Å². The summed E-state index contributed by atoms with van der Waals surface area (Å²) in [6, 6.07) is 0. The average Bonchev–Trinajstić information content (AvgIpc) is 3.44. The number of hydrogen-bond acceptors (Lipinski definition) is 9. The fourth-order valence-corrected chi connectivity index (χ4v) is 3.20. The first-order valence-corrected chi connectivity index (χ1v) is 8.47. The second-order valence-electron chi connectivity index (χ2n) is 6.76. The van der Waals surface area contributed by atoms with E-state index in [0.29, 0.717) is 13.1 Å². The van der Waals surface area contributed by atoms with Gasteiger partial charge in [0.1, 0.15) is 13.1 Å². The SMILES string of the molecule is NC1=NC(=O)CN1CC(NC(CN1CC(=O)N=C1N)N1CC1)N1CC1. The second-order valence-corrected chi connectivity index (χ2v) is 6.76. The van der Waals surface area contributed by atoms with Crippen LogP contribution in [0, 0.1) is 0 Å². The van der Waals surface area contributed by atoms with Crippen molar-refractivity contribution in [2.24, 2.45) is 21.5 Å². The van der Waals surface area contributed by atoms with Crippen LogP contribution in [0.2, 0.25) is 0 Å². The van der Waals surface area contributed by atoms with Crippen LogP contribution in [-0.2, 0) is 9.59 Å². The lowest BCUT2D eigenvalue weighted by Crippen LogP contribution is -2.57. The van der Waals surface area contributed by atoms with Crippen molar-refractivity contribution in [3.05, 3.63) is 0 Å². The molecular formula is C14H23N9O2. The number of rotatable bonds is 8. The Morgan fingerprint density at radius 1 is 0.840 bits per heavy atom. The summed E-state index contributed by atoms with van der Waals surface area (Å²) >= 11 is 0. The van der Waals surface area contributed by atoms with Crippen molar-refractivity contribution in [1.29, 1.82) is 0 Å². The summed E-state index contributed by atoms with van der Waals surface area (Å²) in [5, 5.41) is 3.63. The molecule has 11 nitrogen and oxygen atoms in total. The predicted octanol–water partition coefficient (Wildman–Crippen LogP) is -3.83. The molecule has 2 fully saturated rings. The van der Waals surface area contributed by atoms with Gasteiger partial charge in [-0.1, -0.05) is 0 Å². The van der Waals surface area contributed by atoms with E-state index in [2.05, 4.69) is 25.1 Å². The van der Waals surface area contributed by atoms with E-state index in [0.717, 1.165) is 26.2 Å². The van der Waals surface area contributed by atoms with Crippen LogP contribution in [0.3, 0.4) is 0 Å². The first kappa shape index (κ1) is 16.2. The highest BCUT2D eigenvalue weighted by atomic mass is 16.2. The van der Waals surface area contributed by atoms with Crippen molar-refractivity contribution in [3.8, 4) is 0 Å². The van der Waals surface area contributed by atoms with Gasteiger partial charge in [0, 0.05) is 26.2 Å². The molecule has 136 valence electrons. The Labute approximate surface area is 145 Å². The molecule has 2 atom stereocenters. The lowest BCUT2D eigenvalue weighted by atomic mass is 10.3. The Bertz CT molecular complexity index is 586. The smallest absolute Gasteiger partial charge is 0.268 e. The van der Waals surface area contributed by atoms with Crippen LogP contribution in [0.5, 0.6) is 0 Å². The number of nitrogens with two attached hydrogens (primary N) is 2. The highest BCUT2D eigenvalue weighted by Gasteiger charge is 2.38. The third-order valence-electron chi connectivity index (χ3n) is 4.80. The number of carbonyl (C=O) groups is 2. The Kier molecular flexibility index (Phi) is 4.06. The third kappa shape index (κ3) is 3.72. The number of hydrogen-bond donors (Lipinski definition) is 3. The highest BCUT2D eigenvalue weighted by Crippen LogP contribution is 2.17. The molecular weight excluding hydrogens is 326 g/mol. The van der Waals surface area contributed by atoms with Gasteiger partial charge in [-0.05, 0) is 0 Å². The van der Waals surface area contributed by atoms with E-state index in [9.17, 15) is 9.59 Å². The lowest BCUT2D eigenvalue weighted by molar-refractivity contribution is -0.117. The Morgan fingerprint density at radius 2 is 1.24 bits per heavy atom. The molecule has 4 heterocycles. The molecule has 0 aromatic rings. The molecule has 4 aliphatic heterocycles. The van der Waals surface area contributed by atoms with Crippen LogP contribution in [0.25, 0.3) is 0 Å². The number of carbonyl (C=O) groups excluding carboxylic acids is 2. The molecule has 2 saturated heterocycles. The average molecular weight is 349 g/mol. The van der Waals surface area contributed by atoms with Gasteiger partial charge in [0.2, 0.25) is 0 Å². The Morgan fingerprint density at radius 3 is 1.52 bits per heavy atom. The molecule has 5 N–H and O–H groups in total. The van der Waals surface area contributed by atoms with Crippen molar-refractivity contribution < 1.29 is 9.59 Å². The van der Waals surface area contributed by atoms with E-state index < -0.39 is 0 Å². The normalized spacial score (nSPS) is 26.1. The number of nitrogens with zero attached hydrogens (tertiary/aromatic N) is 6. The molecule has 0 aromatic heterocycles. The van der Waals surface area contributed by atoms with Crippen LogP contribution in [0.15, 0.2) is 9.98 Å². The van der Waals surface area contributed by atoms with Crippen molar-refractivity contribution >= 4 is 23.7 Å². The second kappa shape index (κ2) is 6.24. The zero-order valence-corrected chi connectivity index (χ0v) is 14.0. The number of amides is 2. The first-order chi connectivity index (χ1) is 12.0. The Hall–Kier alpha value is -2.24. The monoisotopic (exact) mass is 349 g/mol. The van der Waals surface area contributed by atoms with Gasteiger partial charge in [-0.25, -0.2) is 0 Å². The summed E-state index contributed by atoms with van der Waals surface area (Å²) in [7, 11) is 0. The quantitative estimate of drug-likeness (QED) is 0.377. The summed E-state index contributed by atoms with van der Waals surface area (Å²) in [4.78, 5) is 38.6. The van der Waals surface area contributed by atoms with Gasteiger partial charge in [0.25, 0.3) is 11.8 Å². The van der Waals surface area contributed by atoms with Crippen LogP contribution < -0.4 is 16.8 Å². The molecule has 11 heteroatoms. The molecule has 25 heavy (non-hydrogen) atoms. The van der Waals surface area contributed by atoms with E-state index in [4.69, 9.17) is 11.5 Å². The molecule has 2 amide bonds. The van der Waals surface area contributed by atoms with E-state index in [-0.39, 0.29) is 49.2 Å². The molecule has 2 unspecified atom stereocenters. The zero-order chi connectivity index (χ0) is 17.6. The molecule has 0 bridgehead atoms. The van der Waals surface area contributed by atoms with Crippen molar-refractivity contribution in [2.75, 3.05) is 52.4 Å². The maximum Gasteiger partial charge on any atom is 0.268 e. The highest BCUT2D eigenvalue weighted by molar-refractivity contribution is 6.00. The van der Waals surface area contributed by atoms with E-state index >= 15 is 0 Å². The van der Waals surface area contributed by atoms with Gasteiger partial charge in [-0.2, -0.15) is 9.98 Å². The maximum atomic E-state index is 11.5. The standard InChI is InChI=1S/C14H23N9O2/c15-13-18-11(24)7-22(13)5-9(20-1-2-20)17-10(21-3-4-21)6-23-8-12(25)19-14(23)16/h9-10,17H,1-8H2,(H2,15,18,24)(H2,16,19,25). The fourth-order valence-electron chi connectivity index (χ4n) is 3.20. The van der Waals surface area contributed by atoms with Gasteiger partial charge < -0.3 is 21.3 Å². The van der Waals surface area contributed by atoms with Crippen LogP contribution in [0.4, 0.5) is 0 Å². The third-order valence-corrected chi connectivity index (χ3v) is 4.80. The van der Waals surface area contributed by atoms with E-state index in [1.165, 1.54) is 0 Å². The molecule has 0 saturated carbocycles. The topological polar surface area (TPSA) is 135 Å². The predicted molar refractivity (Wildman–Crippen MR) is 90.3 cm³/mol. The zero-order valence-electron chi connectivity index (χ0n) is 14.0. The summed E-state index contributed by atoms with van der Waals surface area (Å²) in [6.07, 6.45) is 0.114. The number of guanidine groups is 2. The van der Waals surface area contributed by atoms with Crippen molar-refractivity contribution in [2.45, 2.75) is 12.3 Å². The minimum atomic E-state index is -0.205. The number of aliphatic imine (C=N–C) groups is 2. The number of nitrogens with one attached hydrogen (secondary N) is 1. The molecule has 0 spiro atoms. The van der Waals surface area contributed by atoms with Gasteiger partial charge in [0.15, 0.2) is 11.9 Å².